The van der Waals surface area contributed by atoms with Gasteiger partial charge in [-0.25, -0.2) is 9.79 Å². The third kappa shape index (κ3) is 4.95. The normalized spacial score (nSPS) is 14.3. The quantitative estimate of drug-likeness (QED) is 0.423. The molecular weight excluding hydrogens is 374 g/mol. The van der Waals surface area contributed by atoms with Gasteiger partial charge in [0.15, 0.2) is 17.2 Å². The van der Waals surface area contributed by atoms with Crippen LogP contribution in [0.4, 0.5) is 0 Å². The van der Waals surface area contributed by atoms with Crippen molar-refractivity contribution < 1.29 is 28.6 Å². The number of benzene rings is 2. The number of hydrogen-bond acceptors (Lipinski definition) is 7. The van der Waals surface area contributed by atoms with E-state index in [1.54, 1.807) is 32.0 Å². The van der Waals surface area contributed by atoms with Gasteiger partial charge in [0.05, 0.1) is 0 Å². The van der Waals surface area contributed by atoms with E-state index >= 15 is 0 Å². The zero-order valence-corrected chi connectivity index (χ0v) is 16.0. The number of nitrogens with zero attached hydrogens (tertiary/aromatic N) is 1. The molecule has 1 aliphatic heterocycles. The van der Waals surface area contributed by atoms with Gasteiger partial charge in [0.25, 0.3) is 0 Å². The van der Waals surface area contributed by atoms with Crippen molar-refractivity contribution in [1.29, 1.82) is 0 Å². The number of aliphatic imine (C=N–C) groups is 1. The third-order valence-corrected chi connectivity index (χ3v) is 3.94. The van der Waals surface area contributed by atoms with E-state index < -0.39 is 17.9 Å². The molecule has 0 fully saturated rings. The maximum atomic E-state index is 12.2. The third-order valence-electron chi connectivity index (χ3n) is 3.94. The Balaban J connectivity index is 1.92. The average Bonchev–Trinajstić information content (AvgIpc) is 3.10. The fraction of sp³-hybridized carbons (Fsp3) is 0.182. The van der Waals surface area contributed by atoms with Gasteiger partial charge in [-0.3, -0.25) is 9.59 Å². The molecule has 0 N–H and O–H groups in total. The zero-order valence-electron chi connectivity index (χ0n) is 16.0. The van der Waals surface area contributed by atoms with E-state index in [0.717, 1.165) is 0 Å². The molecule has 0 amide bonds. The molecule has 1 heterocycles. The SMILES string of the molecule is CCC(=O)Oc1ccc(/C=C2\N=C(c3ccccc3)OC2=O)cc1OC(=O)CC. The molecule has 2 aromatic carbocycles. The van der Waals surface area contributed by atoms with Crippen molar-refractivity contribution in [2.45, 2.75) is 26.7 Å². The van der Waals surface area contributed by atoms with Crippen LogP contribution < -0.4 is 9.47 Å². The molecule has 0 saturated heterocycles. The summed E-state index contributed by atoms with van der Waals surface area (Å²) in [7, 11) is 0. The fourth-order valence-corrected chi connectivity index (χ4v) is 2.44. The maximum Gasteiger partial charge on any atom is 0.363 e. The van der Waals surface area contributed by atoms with Crippen LogP contribution in [0.15, 0.2) is 59.2 Å². The summed E-state index contributed by atoms with van der Waals surface area (Å²) in [5.74, 6) is -1.09. The van der Waals surface area contributed by atoms with E-state index in [4.69, 9.17) is 14.2 Å². The predicted molar refractivity (Wildman–Crippen MR) is 105 cm³/mol. The van der Waals surface area contributed by atoms with E-state index in [1.807, 2.05) is 18.2 Å². The van der Waals surface area contributed by atoms with Crippen LogP contribution in [-0.4, -0.2) is 23.8 Å². The van der Waals surface area contributed by atoms with Gasteiger partial charge in [-0.05, 0) is 35.9 Å². The van der Waals surface area contributed by atoms with Crippen LogP contribution in [0.1, 0.15) is 37.8 Å². The van der Waals surface area contributed by atoms with Crippen LogP contribution >= 0.6 is 0 Å². The van der Waals surface area contributed by atoms with Crippen molar-refractivity contribution in [3.63, 3.8) is 0 Å². The standard InChI is InChI=1S/C22H19NO6/c1-3-19(24)27-17-11-10-14(13-18(17)28-20(25)4-2)12-16-22(26)29-21(23-16)15-8-6-5-7-9-15/h5-13H,3-4H2,1-2H3/b16-12-. The van der Waals surface area contributed by atoms with Crippen molar-refractivity contribution in [3.05, 3.63) is 65.4 Å². The Kier molecular flexibility index (Phi) is 6.19. The first kappa shape index (κ1) is 20.0. The van der Waals surface area contributed by atoms with Crippen molar-refractivity contribution in [2.75, 3.05) is 0 Å². The van der Waals surface area contributed by atoms with Gasteiger partial charge in [-0.1, -0.05) is 38.1 Å². The van der Waals surface area contributed by atoms with Crippen LogP contribution in [-0.2, 0) is 19.1 Å². The number of carbonyl (C=O) groups excluding carboxylic acids is 3. The van der Waals surface area contributed by atoms with Gasteiger partial charge < -0.3 is 14.2 Å². The minimum absolute atomic E-state index is 0.0895. The summed E-state index contributed by atoms with van der Waals surface area (Å²) in [6.07, 6.45) is 1.84. The Hall–Kier alpha value is -3.74. The number of ether oxygens (including phenoxy) is 3. The Labute approximate surface area is 167 Å². The lowest BCUT2D eigenvalue weighted by Gasteiger charge is -2.10. The first-order valence-corrected chi connectivity index (χ1v) is 9.13. The van der Waals surface area contributed by atoms with Gasteiger partial charge in [0.2, 0.25) is 5.90 Å². The molecule has 0 unspecified atom stereocenters. The van der Waals surface area contributed by atoms with E-state index in [0.29, 0.717) is 11.1 Å². The van der Waals surface area contributed by atoms with Crippen molar-refractivity contribution in [1.82, 2.24) is 0 Å². The minimum atomic E-state index is -0.586. The van der Waals surface area contributed by atoms with Crippen LogP contribution in [0, 0.1) is 0 Å². The molecule has 0 saturated carbocycles. The molecule has 7 nitrogen and oxygen atoms in total. The van der Waals surface area contributed by atoms with Crippen molar-refractivity contribution in [3.8, 4) is 11.5 Å². The number of cyclic esters (lactones) is 1. The van der Waals surface area contributed by atoms with Crippen molar-refractivity contribution in [2.24, 2.45) is 4.99 Å². The monoisotopic (exact) mass is 393 g/mol. The molecule has 0 radical (unpaired) electrons. The van der Waals surface area contributed by atoms with Gasteiger partial charge in [-0.15, -0.1) is 0 Å². The molecule has 29 heavy (non-hydrogen) atoms. The average molecular weight is 393 g/mol. The van der Waals surface area contributed by atoms with E-state index in [1.165, 1.54) is 18.2 Å². The summed E-state index contributed by atoms with van der Waals surface area (Å²) in [4.78, 5) is 39.7. The molecule has 0 aromatic heterocycles. The van der Waals surface area contributed by atoms with E-state index in [-0.39, 0.29) is 35.9 Å². The Bertz CT molecular complexity index is 1010. The summed E-state index contributed by atoms with van der Waals surface area (Å²) in [6, 6.07) is 13.7. The van der Waals surface area contributed by atoms with E-state index in [9.17, 15) is 14.4 Å². The number of carbonyl (C=O) groups is 3. The fourth-order valence-electron chi connectivity index (χ4n) is 2.44. The molecule has 0 bridgehead atoms. The second kappa shape index (κ2) is 8.97. The molecule has 0 spiro atoms. The van der Waals surface area contributed by atoms with E-state index in [2.05, 4.69) is 4.99 Å². The molecule has 148 valence electrons. The Morgan fingerprint density at radius 2 is 1.62 bits per heavy atom. The maximum absolute atomic E-state index is 12.2. The van der Waals surface area contributed by atoms with Gasteiger partial charge in [0.1, 0.15) is 0 Å². The molecular formula is C22H19NO6. The predicted octanol–water partition coefficient (Wildman–Crippen LogP) is 3.66. The molecule has 0 aliphatic carbocycles. The molecule has 2 aromatic rings. The highest BCUT2D eigenvalue weighted by Crippen LogP contribution is 2.31. The Morgan fingerprint density at radius 3 is 2.28 bits per heavy atom. The molecule has 1 aliphatic rings. The number of hydrogen-bond donors (Lipinski definition) is 0. The van der Waals surface area contributed by atoms with Crippen LogP contribution in [0.25, 0.3) is 6.08 Å². The Morgan fingerprint density at radius 1 is 0.966 bits per heavy atom. The highest BCUT2D eigenvalue weighted by atomic mass is 16.6. The van der Waals surface area contributed by atoms with Crippen LogP contribution in [0.5, 0.6) is 11.5 Å². The summed E-state index contributed by atoms with van der Waals surface area (Å²) < 4.78 is 15.7. The lowest BCUT2D eigenvalue weighted by molar-refractivity contribution is -0.136. The molecule has 3 rings (SSSR count). The molecule has 0 atom stereocenters. The topological polar surface area (TPSA) is 91.3 Å². The van der Waals surface area contributed by atoms with Crippen LogP contribution in [0.2, 0.25) is 0 Å². The first-order valence-electron chi connectivity index (χ1n) is 9.13. The number of rotatable bonds is 6. The minimum Gasteiger partial charge on any atom is -0.423 e. The summed E-state index contributed by atoms with van der Waals surface area (Å²) in [6.45, 7) is 3.31. The lowest BCUT2D eigenvalue weighted by atomic mass is 10.1. The first-order chi connectivity index (χ1) is 14.0. The summed E-state index contributed by atoms with van der Waals surface area (Å²) >= 11 is 0. The summed E-state index contributed by atoms with van der Waals surface area (Å²) in [5, 5.41) is 0. The van der Waals surface area contributed by atoms with Gasteiger partial charge >= 0.3 is 17.9 Å². The smallest absolute Gasteiger partial charge is 0.363 e. The summed E-state index contributed by atoms with van der Waals surface area (Å²) in [5.41, 5.74) is 1.32. The molecule has 7 heteroatoms. The lowest BCUT2D eigenvalue weighted by Crippen LogP contribution is -2.10. The zero-order chi connectivity index (χ0) is 20.8. The van der Waals surface area contributed by atoms with Gasteiger partial charge in [0, 0.05) is 18.4 Å². The highest BCUT2D eigenvalue weighted by molar-refractivity contribution is 6.12. The van der Waals surface area contributed by atoms with Crippen molar-refractivity contribution >= 4 is 29.9 Å². The number of esters is 3. The highest BCUT2D eigenvalue weighted by Gasteiger charge is 2.24. The largest absolute Gasteiger partial charge is 0.423 e. The van der Waals surface area contributed by atoms with Crippen LogP contribution in [0.3, 0.4) is 0 Å². The second-order valence-corrected chi connectivity index (χ2v) is 6.06. The second-order valence-electron chi connectivity index (χ2n) is 6.06. The van der Waals surface area contributed by atoms with Gasteiger partial charge in [-0.2, -0.15) is 0 Å².